The van der Waals surface area contributed by atoms with Crippen molar-refractivity contribution in [1.29, 1.82) is 0 Å². The van der Waals surface area contributed by atoms with E-state index in [-0.39, 0.29) is 0 Å². The molecular formula is C11H24N2+2. The molecular weight excluding hydrogens is 160 g/mol. The average molecular weight is 184 g/mol. The number of piperidine rings is 1. The second kappa shape index (κ2) is 4.97. The maximum Gasteiger partial charge on any atom is 0.0773 e. The third-order valence-corrected chi connectivity index (χ3v) is 3.77. The van der Waals surface area contributed by atoms with Gasteiger partial charge in [-0.3, -0.25) is 0 Å². The van der Waals surface area contributed by atoms with Gasteiger partial charge in [-0.15, -0.1) is 0 Å². The van der Waals surface area contributed by atoms with Crippen LogP contribution in [0.3, 0.4) is 0 Å². The van der Waals surface area contributed by atoms with Crippen LogP contribution in [0.1, 0.15) is 32.1 Å². The molecule has 2 nitrogen and oxygen atoms in total. The van der Waals surface area contributed by atoms with Gasteiger partial charge in [0, 0.05) is 12.8 Å². The highest BCUT2D eigenvalue weighted by atomic mass is 15.1. The molecule has 2 aliphatic heterocycles. The Balaban J connectivity index is 1.60. The highest BCUT2D eigenvalue weighted by Crippen LogP contribution is 2.11. The Bertz CT molecular complexity index is 135. The molecule has 2 saturated heterocycles. The average Bonchev–Trinajstić information content (AvgIpc) is 2.69. The molecule has 0 aliphatic carbocycles. The van der Waals surface area contributed by atoms with E-state index in [1.807, 2.05) is 4.90 Å². The van der Waals surface area contributed by atoms with E-state index in [2.05, 4.69) is 5.32 Å². The fraction of sp³-hybridized carbons (Fsp3) is 1.00. The molecule has 0 saturated carbocycles. The first kappa shape index (κ1) is 9.47. The molecule has 2 fully saturated rings. The zero-order valence-electron chi connectivity index (χ0n) is 8.73. The van der Waals surface area contributed by atoms with Crippen molar-refractivity contribution in [3.63, 3.8) is 0 Å². The van der Waals surface area contributed by atoms with Gasteiger partial charge in [0.15, 0.2) is 0 Å². The predicted molar refractivity (Wildman–Crippen MR) is 53.8 cm³/mol. The first-order valence-electron chi connectivity index (χ1n) is 6.10. The molecule has 0 bridgehead atoms. The summed E-state index contributed by atoms with van der Waals surface area (Å²) < 4.78 is 0. The lowest BCUT2D eigenvalue weighted by molar-refractivity contribution is -0.888. The van der Waals surface area contributed by atoms with E-state index < -0.39 is 0 Å². The number of nitrogens with two attached hydrogens (primary N) is 1. The second-order valence-electron chi connectivity index (χ2n) is 4.81. The van der Waals surface area contributed by atoms with Crippen molar-refractivity contribution in [1.82, 2.24) is 0 Å². The summed E-state index contributed by atoms with van der Waals surface area (Å²) in [5.41, 5.74) is 0. The van der Waals surface area contributed by atoms with Crippen LogP contribution in [-0.2, 0) is 0 Å². The van der Waals surface area contributed by atoms with E-state index in [1.54, 1.807) is 0 Å². The molecule has 2 rings (SSSR count). The van der Waals surface area contributed by atoms with Gasteiger partial charge in [0.2, 0.25) is 0 Å². The van der Waals surface area contributed by atoms with Gasteiger partial charge in [0.1, 0.15) is 0 Å². The molecule has 3 N–H and O–H groups in total. The van der Waals surface area contributed by atoms with Crippen LogP contribution in [-0.4, -0.2) is 32.7 Å². The van der Waals surface area contributed by atoms with E-state index >= 15 is 0 Å². The molecule has 0 spiro atoms. The highest BCUT2D eigenvalue weighted by Gasteiger charge is 2.20. The Kier molecular flexibility index (Phi) is 3.62. The van der Waals surface area contributed by atoms with Gasteiger partial charge in [-0.2, -0.15) is 0 Å². The number of quaternary nitrogens is 2. The molecule has 2 aliphatic rings. The van der Waals surface area contributed by atoms with Crippen LogP contribution in [0.25, 0.3) is 0 Å². The predicted octanol–water partition coefficient (Wildman–Crippen LogP) is -0.971. The molecule has 0 amide bonds. The smallest absolute Gasteiger partial charge is 0.0773 e. The summed E-state index contributed by atoms with van der Waals surface area (Å²) >= 11 is 0. The number of hydrogen-bond donors (Lipinski definition) is 2. The van der Waals surface area contributed by atoms with Crippen LogP contribution in [0.2, 0.25) is 0 Å². The lowest BCUT2D eigenvalue weighted by Gasteiger charge is -2.21. The van der Waals surface area contributed by atoms with Gasteiger partial charge >= 0.3 is 0 Å². The molecule has 0 unspecified atom stereocenters. The van der Waals surface area contributed by atoms with E-state index in [0.717, 1.165) is 5.92 Å². The van der Waals surface area contributed by atoms with Crippen LogP contribution in [0.15, 0.2) is 0 Å². The topological polar surface area (TPSA) is 21.1 Å². The van der Waals surface area contributed by atoms with Gasteiger partial charge in [-0.05, 0) is 25.2 Å². The van der Waals surface area contributed by atoms with Crippen molar-refractivity contribution in [2.24, 2.45) is 5.92 Å². The van der Waals surface area contributed by atoms with Gasteiger partial charge < -0.3 is 10.2 Å². The minimum Gasteiger partial charge on any atom is -0.346 e. The van der Waals surface area contributed by atoms with E-state index in [9.17, 15) is 0 Å². The lowest BCUT2D eigenvalue weighted by atomic mass is 9.94. The molecule has 0 radical (unpaired) electrons. The standard InChI is InChI=1S/C11H22N2/c1-2-9-13(8-1)10-5-11-3-6-12-7-4-11/h11-12H,1-10H2/p+2. The molecule has 0 aromatic heterocycles. The summed E-state index contributed by atoms with van der Waals surface area (Å²) in [6.45, 7) is 7.16. The first-order chi connectivity index (χ1) is 6.45. The number of rotatable bonds is 3. The minimum absolute atomic E-state index is 1.07. The molecule has 2 heteroatoms. The first-order valence-corrected chi connectivity index (χ1v) is 6.10. The zero-order valence-corrected chi connectivity index (χ0v) is 8.73. The largest absolute Gasteiger partial charge is 0.346 e. The summed E-state index contributed by atoms with van der Waals surface area (Å²) in [6, 6.07) is 0. The number of likely N-dealkylation sites (tertiary alicyclic amines) is 1. The lowest BCUT2D eigenvalue weighted by Crippen LogP contribution is -3.10. The molecule has 2 heterocycles. The summed E-state index contributed by atoms with van der Waals surface area (Å²) in [6.07, 6.45) is 7.42. The van der Waals surface area contributed by atoms with Crippen molar-refractivity contribution >= 4 is 0 Å². The quantitative estimate of drug-likeness (QED) is 0.563. The highest BCUT2D eigenvalue weighted by molar-refractivity contribution is 4.60. The van der Waals surface area contributed by atoms with E-state index in [4.69, 9.17) is 0 Å². The monoisotopic (exact) mass is 184 g/mol. The van der Waals surface area contributed by atoms with E-state index in [0.29, 0.717) is 0 Å². The Morgan fingerprint density at radius 3 is 2.46 bits per heavy atom. The van der Waals surface area contributed by atoms with Crippen molar-refractivity contribution in [2.45, 2.75) is 32.1 Å². The van der Waals surface area contributed by atoms with E-state index in [1.165, 1.54) is 64.8 Å². The SMILES string of the molecule is C1CC[NH+](CCC2CC[NH2+]CC2)C1. The van der Waals surface area contributed by atoms with Gasteiger partial charge in [0.25, 0.3) is 0 Å². The third-order valence-electron chi connectivity index (χ3n) is 3.77. The maximum atomic E-state index is 2.47. The molecule has 0 aromatic carbocycles. The third kappa shape index (κ3) is 2.96. The van der Waals surface area contributed by atoms with Crippen molar-refractivity contribution in [2.75, 3.05) is 32.7 Å². The summed E-state index contributed by atoms with van der Waals surface area (Å²) in [5.74, 6) is 1.07. The minimum atomic E-state index is 1.07. The Hall–Kier alpha value is -0.0800. The van der Waals surface area contributed by atoms with Gasteiger partial charge in [0.05, 0.1) is 32.7 Å². The molecule has 76 valence electrons. The normalized spacial score (nSPS) is 26.8. The number of hydrogen-bond acceptors (Lipinski definition) is 0. The Morgan fingerprint density at radius 1 is 1.08 bits per heavy atom. The van der Waals surface area contributed by atoms with Crippen molar-refractivity contribution < 1.29 is 10.2 Å². The number of nitrogens with one attached hydrogen (secondary N) is 1. The Labute approximate surface area is 81.7 Å². The van der Waals surface area contributed by atoms with Crippen molar-refractivity contribution in [3.8, 4) is 0 Å². The van der Waals surface area contributed by atoms with Crippen LogP contribution < -0.4 is 10.2 Å². The van der Waals surface area contributed by atoms with Gasteiger partial charge in [-0.25, -0.2) is 0 Å². The van der Waals surface area contributed by atoms with Crippen LogP contribution in [0, 0.1) is 5.92 Å². The molecule has 0 atom stereocenters. The fourth-order valence-electron chi connectivity index (χ4n) is 2.82. The van der Waals surface area contributed by atoms with Crippen LogP contribution in [0.4, 0.5) is 0 Å². The van der Waals surface area contributed by atoms with Gasteiger partial charge in [-0.1, -0.05) is 0 Å². The Morgan fingerprint density at radius 2 is 1.77 bits per heavy atom. The van der Waals surface area contributed by atoms with Crippen LogP contribution >= 0.6 is 0 Å². The molecule has 13 heavy (non-hydrogen) atoms. The summed E-state index contributed by atoms with van der Waals surface area (Å²) in [4.78, 5) is 1.88. The summed E-state index contributed by atoms with van der Waals surface area (Å²) in [5, 5.41) is 2.47. The summed E-state index contributed by atoms with van der Waals surface area (Å²) in [7, 11) is 0. The van der Waals surface area contributed by atoms with Crippen LogP contribution in [0.5, 0.6) is 0 Å². The zero-order chi connectivity index (χ0) is 8.93. The second-order valence-corrected chi connectivity index (χ2v) is 4.81. The fourth-order valence-corrected chi connectivity index (χ4v) is 2.82. The maximum absolute atomic E-state index is 2.47. The molecule has 0 aromatic rings. The van der Waals surface area contributed by atoms with Crippen molar-refractivity contribution in [3.05, 3.63) is 0 Å².